The van der Waals surface area contributed by atoms with E-state index in [-0.39, 0.29) is 11.1 Å². The zero-order valence-electron chi connectivity index (χ0n) is 11.5. The average Bonchev–Trinajstić information content (AvgIpc) is 2.77. The number of nitrogens with zero attached hydrogens (tertiary/aromatic N) is 1. The topological polar surface area (TPSA) is 63.7 Å². The lowest BCUT2D eigenvalue weighted by atomic mass is 10.1. The molecule has 0 aromatic heterocycles. The Labute approximate surface area is 191 Å². The molecule has 0 saturated heterocycles. The van der Waals surface area contributed by atoms with Gasteiger partial charge in [-0.1, -0.05) is 11.1 Å². The first kappa shape index (κ1) is 18.8. The highest BCUT2D eigenvalue weighted by Gasteiger charge is 2.40. The largest absolute Gasteiger partial charge is 0.366 e. The third-order valence-electron chi connectivity index (χ3n) is 3.25. The van der Waals surface area contributed by atoms with E-state index >= 15 is 0 Å². The Kier molecular flexibility index (Phi) is 5.70. The lowest BCUT2D eigenvalue weighted by molar-refractivity contribution is -0.0586. The van der Waals surface area contributed by atoms with Gasteiger partial charge in [0.2, 0.25) is 0 Å². The zero-order chi connectivity index (χ0) is 17.6. The molecule has 0 saturated carbocycles. The smallest absolute Gasteiger partial charge is 0.324 e. The van der Waals surface area contributed by atoms with E-state index in [2.05, 4.69) is 22.6 Å². The molecule has 0 unspecified atom stereocenters. The Bertz CT molecular complexity index is 913. The monoisotopic (exact) mass is 771 g/mol. The molecule has 5 nitrogen and oxygen atoms in total. The summed E-state index contributed by atoms with van der Waals surface area (Å²) < 4.78 is 2.93. The summed E-state index contributed by atoms with van der Waals surface area (Å²) in [5.41, 5.74) is 0.851. The van der Waals surface area contributed by atoms with Crippen LogP contribution in [0.4, 0.5) is 0 Å². The molecule has 9 heteroatoms. The van der Waals surface area contributed by atoms with Crippen molar-refractivity contribution in [1.82, 2.24) is 5.06 Å². The van der Waals surface area contributed by atoms with Gasteiger partial charge in [0.25, 0.3) is 11.8 Å². The van der Waals surface area contributed by atoms with Gasteiger partial charge in [-0.05, 0) is 115 Å². The Morgan fingerprint density at radius 2 is 1.54 bits per heavy atom. The van der Waals surface area contributed by atoms with Crippen molar-refractivity contribution in [2.45, 2.75) is 0 Å². The molecule has 1 heterocycles. The highest BCUT2D eigenvalue weighted by Crippen LogP contribution is 2.29. The van der Waals surface area contributed by atoms with Crippen LogP contribution in [0.25, 0.3) is 0 Å². The Morgan fingerprint density at radius 1 is 0.875 bits per heavy atom. The number of benzene rings is 2. The standard InChI is InChI=1S/C15H5I4NO4/c16-7-3-1-2-6-10(7)14(22)20(13(6)21)24-15(23)11-8(17)4-5-9(18)12(11)19/h1-5H. The predicted octanol–water partition coefficient (Wildman–Crippen LogP) is 4.47. The third-order valence-corrected chi connectivity index (χ3v) is 8.10. The molecule has 2 aromatic rings. The number of fused-ring (bicyclic) bond motifs is 1. The molecular formula is C15H5I4NO4. The molecule has 0 radical (unpaired) electrons. The van der Waals surface area contributed by atoms with Crippen LogP contribution in [-0.4, -0.2) is 22.8 Å². The number of hydrogen-bond acceptors (Lipinski definition) is 4. The van der Waals surface area contributed by atoms with Gasteiger partial charge in [-0.25, -0.2) is 4.79 Å². The fourth-order valence-electron chi connectivity index (χ4n) is 2.15. The van der Waals surface area contributed by atoms with Gasteiger partial charge >= 0.3 is 5.97 Å². The van der Waals surface area contributed by atoms with E-state index in [9.17, 15) is 14.4 Å². The van der Waals surface area contributed by atoms with Crippen molar-refractivity contribution in [2.24, 2.45) is 0 Å². The van der Waals surface area contributed by atoms with Crippen LogP contribution in [0.2, 0.25) is 0 Å². The van der Waals surface area contributed by atoms with Gasteiger partial charge in [0.1, 0.15) is 0 Å². The number of rotatable bonds is 2. The summed E-state index contributed by atoms with van der Waals surface area (Å²) in [6, 6.07) is 8.62. The minimum absolute atomic E-state index is 0.242. The molecule has 1 aliphatic heterocycles. The number of hydroxylamine groups is 2. The van der Waals surface area contributed by atoms with Crippen LogP contribution < -0.4 is 0 Å². The van der Waals surface area contributed by atoms with Crippen molar-refractivity contribution in [1.29, 1.82) is 0 Å². The quantitative estimate of drug-likeness (QED) is 0.257. The van der Waals surface area contributed by atoms with E-state index in [4.69, 9.17) is 4.84 Å². The molecule has 122 valence electrons. The first-order valence-electron chi connectivity index (χ1n) is 6.36. The fraction of sp³-hybridized carbons (Fsp3) is 0. The molecule has 2 aromatic carbocycles. The van der Waals surface area contributed by atoms with Crippen molar-refractivity contribution in [3.63, 3.8) is 0 Å². The summed E-state index contributed by atoms with van der Waals surface area (Å²) in [6.07, 6.45) is 0. The summed E-state index contributed by atoms with van der Waals surface area (Å²) in [5, 5.41) is 0.543. The molecule has 2 amide bonds. The second kappa shape index (κ2) is 7.30. The molecule has 0 bridgehead atoms. The maximum atomic E-state index is 12.5. The van der Waals surface area contributed by atoms with Crippen LogP contribution in [0.15, 0.2) is 30.3 Å². The predicted molar refractivity (Wildman–Crippen MR) is 120 cm³/mol. The summed E-state index contributed by atoms with van der Waals surface area (Å²) in [6.45, 7) is 0. The van der Waals surface area contributed by atoms with Crippen LogP contribution in [0, 0.1) is 14.3 Å². The lowest BCUT2D eigenvalue weighted by Gasteiger charge is -2.14. The van der Waals surface area contributed by atoms with Gasteiger partial charge in [-0.15, -0.1) is 0 Å². The van der Waals surface area contributed by atoms with Gasteiger partial charge < -0.3 is 4.84 Å². The first-order chi connectivity index (χ1) is 11.3. The average molecular weight is 771 g/mol. The van der Waals surface area contributed by atoms with E-state index in [1.54, 1.807) is 24.3 Å². The third kappa shape index (κ3) is 3.20. The van der Waals surface area contributed by atoms with Crippen LogP contribution in [-0.2, 0) is 4.84 Å². The summed E-state index contributed by atoms with van der Waals surface area (Å²) in [7, 11) is 0. The van der Waals surface area contributed by atoms with E-state index < -0.39 is 17.8 Å². The number of imide groups is 1. The number of hydrogen-bond donors (Lipinski definition) is 0. The van der Waals surface area contributed by atoms with E-state index in [0.29, 0.717) is 17.8 Å². The maximum Gasteiger partial charge on any atom is 0.366 e. The Morgan fingerprint density at radius 3 is 2.21 bits per heavy atom. The minimum Gasteiger partial charge on any atom is -0.324 e. The van der Waals surface area contributed by atoms with Crippen LogP contribution in [0.5, 0.6) is 0 Å². The molecule has 1 aliphatic rings. The van der Waals surface area contributed by atoms with Gasteiger partial charge in [-0.2, -0.15) is 0 Å². The van der Waals surface area contributed by atoms with E-state index in [1.165, 1.54) is 0 Å². The lowest BCUT2D eigenvalue weighted by Crippen LogP contribution is -2.33. The van der Waals surface area contributed by atoms with E-state index in [1.807, 2.05) is 73.8 Å². The molecule has 0 fully saturated rings. The molecule has 0 spiro atoms. The second-order valence-corrected chi connectivity index (χ2v) is 9.23. The Hall–Kier alpha value is -0.0300. The van der Waals surface area contributed by atoms with Crippen molar-refractivity contribution in [3.8, 4) is 0 Å². The van der Waals surface area contributed by atoms with Crippen LogP contribution in [0.3, 0.4) is 0 Å². The SMILES string of the molecule is O=C(ON1C(=O)c2cccc(I)c2C1=O)c1c(I)ccc(I)c1I. The molecule has 0 N–H and O–H groups in total. The molecule has 3 rings (SSSR count). The highest BCUT2D eigenvalue weighted by atomic mass is 127. The maximum absolute atomic E-state index is 12.5. The highest BCUT2D eigenvalue weighted by molar-refractivity contribution is 14.1. The summed E-state index contributed by atoms with van der Waals surface area (Å²) in [4.78, 5) is 42.5. The first-order valence-corrected chi connectivity index (χ1v) is 10.7. The molecule has 0 aliphatic carbocycles. The fourth-order valence-corrected chi connectivity index (χ4v) is 5.20. The number of amides is 2. The van der Waals surface area contributed by atoms with Crippen LogP contribution >= 0.6 is 90.4 Å². The summed E-state index contributed by atoms with van der Waals surface area (Å²) in [5.74, 6) is -1.98. The Balaban J connectivity index is 1.95. The van der Waals surface area contributed by atoms with Gasteiger partial charge in [0, 0.05) is 14.3 Å². The van der Waals surface area contributed by atoms with Crippen molar-refractivity contribution in [3.05, 3.63) is 61.3 Å². The second-order valence-electron chi connectivity index (χ2n) is 4.66. The number of halogens is 4. The number of carbonyl (C=O) groups is 3. The molecule has 24 heavy (non-hydrogen) atoms. The van der Waals surface area contributed by atoms with Crippen molar-refractivity contribution in [2.75, 3.05) is 0 Å². The van der Waals surface area contributed by atoms with Gasteiger partial charge in [-0.3, -0.25) is 9.59 Å². The summed E-state index contributed by atoms with van der Waals surface area (Å²) >= 11 is 8.16. The normalized spacial score (nSPS) is 13.2. The van der Waals surface area contributed by atoms with Crippen molar-refractivity contribution < 1.29 is 19.2 Å². The van der Waals surface area contributed by atoms with Gasteiger partial charge in [0.15, 0.2) is 0 Å². The molecular weight excluding hydrogens is 766 g/mol. The minimum atomic E-state index is -0.730. The molecule has 0 atom stereocenters. The number of carbonyl (C=O) groups excluding carboxylic acids is 3. The van der Waals surface area contributed by atoms with E-state index in [0.717, 1.165) is 7.14 Å². The van der Waals surface area contributed by atoms with Crippen LogP contribution in [0.1, 0.15) is 31.1 Å². The van der Waals surface area contributed by atoms with Gasteiger partial charge in [0.05, 0.1) is 16.7 Å². The van der Waals surface area contributed by atoms with Crippen molar-refractivity contribution >= 4 is 108 Å². The zero-order valence-corrected chi connectivity index (χ0v) is 20.1.